The minimum atomic E-state index is 0.861. The molecule has 15 heavy (non-hydrogen) atoms. The Morgan fingerprint density at radius 1 is 1.27 bits per heavy atom. The van der Waals surface area contributed by atoms with E-state index < -0.39 is 0 Å². The summed E-state index contributed by atoms with van der Waals surface area (Å²) >= 11 is 0. The van der Waals surface area contributed by atoms with Crippen LogP contribution in [-0.2, 0) is 6.54 Å². The fourth-order valence-electron chi connectivity index (χ4n) is 1.67. The van der Waals surface area contributed by atoms with Gasteiger partial charge >= 0.3 is 0 Å². The van der Waals surface area contributed by atoms with Gasteiger partial charge in [-0.1, -0.05) is 12.1 Å². The smallest absolute Gasteiger partial charge is 0.128 e. The van der Waals surface area contributed by atoms with E-state index in [1.54, 1.807) is 7.11 Å². The maximum absolute atomic E-state index is 5.33. The SMILES string of the molecule is CCn1nccc1-c1ccccc1OC. The van der Waals surface area contributed by atoms with Gasteiger partial charge in [-0.15, -0.1) is 0 Å². The van der Waals surface area contributed by atoms with Crippen molar-refractivity contribution >= 4 is 0 Å². The van der Waals surface area contributed by atoms with Crippen molar-refractivity contribution in [3.8, 4) is 17.0 Å². The molecule has 0 amide bonds. The van der Waals surface area contributed by atoms with Crippen LogP contribution in [0.4, 0.5) is 0 Å². The number of aromatic nitrogens is 2. The summed E-state index contributed by atoms with van der Waals surface area (Å²) in [6.45, 7) is 2.94. The molecule has 0 saturated heterocycles. The summed E-state index contributed by atoms with van der Waals surface area (Å²) in [7, 11) is 1.69. The minimum Gasteiger partial charge on any atom is -0.496 e. The van der Waals surface area contributed by atoms with Crippen LogP contribution in [-0.4, -0.2) is 16.9 Å². The van der Waals surface area contributed by atoms with Crippen LogP contribution in [0.2, 0.25) is 0 Å². The molecule has 0 aliphatic carbocycles. The minimum absolute atomic E-state index is 0.861. The summed E-state index contributed by atoms with van der Waals surface area (Å²) in [4.78, 5) is 0. The van der Waals surface area contributed by atoms with Crippen molar-refractivity contribution in [3.63, 3.8) is 0 Å². The average Bonchev–Trinajstić information content (AvgIpc) is 2.76. The summed E-state index contributed by atoms with van der Waals surface area (Å²) in [6.07, 6.45) is 1.81. The molecule has 0 bridgehead atoms. The van der Waals surface area contributed by atoms with Gasteiger partial charge in [0.15, 0.2) is 0 Å². The monoisotopic (exact) mass is 202 g/mol. The second kappa shape index (κ2) is 4.17. The van der Waals surface area contributed by atoms with E-state index in [9.17, 15) is 0 Å². The highest BCUT2D eigenvalue weighted by molar-refractivity contribution is 5.67. The molecule has 3 nitrogen and oxygen atoms in total. The van der Waals surface area contributed by atoms with Crippen molar-refractivity contribution in [1.82, 2.24) is 9.78 Å². The summed E-state index contributed by atoms with van der Waals surface area (Å²) < 4.78 is 7.28. The van der Waals surface area contributed by atoms with Crippen LogP contribution in [0.1, 0.15) is 6.92 Å². The summed E-state index contributed by atoms with van der Waals surface area (Å²) in [5.74, 6) is 0.882. The predicted octanol–water partition coefficient (Wildman–Crippen LogP) is 2.58. The Bertz CT molecular complexity index is 448. The van der Waals surface area contributed by atoms with Crippen LogP contribution in [0, 0.1) is 0 Å². The molecule has 2 aromatic rings. The third-order valence-electron chi connectivity index (χ3n) is 2.40. The molecule has 1 aromatic carbocycles. The van der Waals surface area contributed by atoms with Crippen LogP contribution >= 0.6 is 0 Å². The summed E-state index contributed by atoms with van der Waals surface area (Å²) in [6, 6.07) is 9.98. The van der Waals surface area contributed by atoms with E-state index >= 15 is 0 Å². The lowest BCUT2D eigenvalue weighted by Gasteiger charge is -2.09. The fourth-order valence-corrected chi connectivity index (χ4v) is 1.67. The van der Waals surface area contributed by atoms with Crippen LogP contribution in [0.15, 0.2) is 36.5 Å². The lowest BCUT2D eigenvalue weighted by atomic mass is 10.1. The molecule has 0 atom stereocenters. The lowest BCUT2D eigenvalue weighted by Crippen LogP contribution is -1.99. The van der Waals surface area contributed by atoms with Crippen LogP contribution in [0.3, 0.4) is 0 Å². The first kappa shape index (κ1) is 9.77. The Kier molecular flexibility index (Phi) is 2.72. The van der Waals surface area contributed by atoms with Gasteiger partial charge in [0.2, 0.25) is 0 Å². The first-order valence-electron chi connectivity index (χ1n) is 5.02. The molecule has 0 saturated carbocycles. The van der Waals surface area contributed by atoms with Gasteiger partial charge in [0.05, 0.1) is 12.8 Å². The molecule has 0 N–H and O–H groups in total. The lowest BCUT2D eigenvalue weighted by molar-refractivity contribution is 0.416. The normalized spacial score (nSPS) is 10.3. The Morgan fingerprint density at radius 2 is 2.07 bits per heavy atom. The predicted molar refractivity (Wildman–Crippen MR) is 59.9 cm³/mol. The molecule has 3 heteroatoms. The largest absolute Gasteiger partial charge is 0.496 e. The molecule has 1 aromatic heterocycles. The molecule has 0 radical (unpaired) electrons. The van der Waals surface area contributed by atoms with Gasteiger partial charge in [-0.3, -0.25) is 4.68 Å². The summed E-state index contributed by atoms with van der Waals surface area (Å²) in [5.41, 5.74) is 2.18. The highest BCUT2D eigenvalue weighted by atomic mass is 16.5. The molecule has 2 rings (SSSR count). The van der Waals surface area contributed by atoms with Crippen LogP contribution < -0.4 is 4.74 Å². The van der Waals surface area contributed by atoms with Gasteiger partial charge in [-0.2, -0.15) is 5.10 Å². The van der Waals surface area contributed by atoms with Gasteiger partial charge in [0.1, 0.15) is 5.75 Å². The number of aryl methyl sites for hydroxylation is 1. The number of para-hydroxylation sites is 1. The van der Waals surface area contributed by atoms with E-state index in [0.29, 0.717) is 0 Å². The molecule has 1 heterocycles. The Balaban J connectivity index is 2.53. The Labute approximate surface area is 89.3 Å². The zero-order chi connectivity index (χ0) is 10.7. The molecule has 0 aliphatic rings. The number of ether oxygens (including phenoxy) is 1. The van der Waals surface area contributed by atoms with E-state index in [2.05, 4.69) is 12.0 Å². The van der Waals surface area contributed by atoms with Gasteiger partial charge in [-0.05, 0) is 25.1 Å². The Hall–Kier alpha value is -1.77. The van der Waals surface area contributed by atoms with E-state index in [1.807, 2.05) is 41.2 Å². The first-order valence-corrected chi connectivity index (χ1v) is 5.02. The van der Waals surface area contributed by atoms with Crippen molar-refractivity contribution in [2.45, 2.75) is 13.5 Å². The zero-order valence-electron chi connectivity index (χ0n) is 8.97. The Morgan fingerprint density at radius 3 is 2.80 bits per heavy atom. The second-order valence-electron chi connectivity index (χ2n) is 3.23. The third kappa shape index (κ3) is 1.73. The number of benzene rings is 1. The van der Waals surface area contributed by atoms with Crippen molar-refractivity contribution in [2.75, 3.05) is 7.11 Å². The van der Waals surface area contributed by atoms with E-state index in [1.165, 1.54) is 0 Å². The number of hydrogen-bond donors (Lipinski definition) is 0. The second-order valence-corrected chi connectivity index (χ2v) is 3.23. The van der Waals surface area contributed by atoms with Gasteiger partial charge in [0, 0.05) is 18.3 Å². The van der Waals surface area contributed by atoms with Crippen molar-refractivity contribution in [3.05, 3.63) is 36.5 Å². The van der Waals surface area contributed by atoms with Crippen LogP contribution in [0.25, 0.3) is 11.3 Å². The highest BCUT2D eigenvalue weighted by Gasteiger charge is 2.08. The molecule has 0 spiro atoms. The molecular formula is C12H14N2O. The van der Waals surface area contributed by atoms with Crippen molar-refractivity contribution in [2.24, 2.45) is 0 Å². The topological polar surface area (TPSA) is 27.1 Å². The standard InChI is InChI=1S/C12H14N2O/c1-3-14-11(8-9-13-14)10-6-4-5-7-12(10)15-2/h4-9H,3H2,1-2H3. The number of methoxy groups -OCH3 is 1. The van der Waals surface area contributed by atoms with Gasteiger partial charge < -0.3 is 4.74 Å². The average molecular weight is 202 g/mol. The maximum atomic E-state index is 5.33. The van der Waals surface area contributed by atoms with Crippen molar-refractivity contribution < 1.29 is 4.74 Å². The molecule has 0 fully saturated rings. The molecule has 78 valence electrons. The zero-order valence-corrected chi connectivity index (χ0v) is 8.97. The third-order valence-corrected chi connectivity index (χ3v) is 2.40. The highest BCUT2D eigenvalue weighted by Crippen LogP contribution is 2.28. The fraction of sp³-hybridized carbons (Fsp3) is 0.250. The molecule has 0 aliphatic heterocycles. The van der Waals surface area contributed by atoms with E-state index in [-0.39, 0.29) is 0 Å². The van der Waals surface area contributed by atoms with Gasteiger partial charge in [-0.25, -0.2) is 0 Å². The van der Waals surface area contributed by atoms with Crippen molar-refractivity contribution in [1.29, 1.82) is 0 Å². The van der Waals surface area contributed by atoms with E-state index in [0.717, 1.165) is 23.6 Å². The first-order chi connectivity index (χ1) is 7.36. The number of hydrogen-bond acceptors (Lipinski definition) is 2. The van der Waals surface area contributed by atoms with Gasteiger partial charge in [0.25, 0.3) is 0 Å². The molecular weight excluding hydrogens is 188 g/mol. The quantitative estimate of drug-likeness (QED) is 0.764. The number of rotatable bonds is 3. The number of nitrogens with zero attached hydrogens (tertiary/aromatic N) is 2. The van der Waals surface area contributed by atoms with Crippen LogP contribution in [0.5, 0.6) is 5.75 Å². The van der Waals surface area contributed by atoms with E-state index in [4.69, 9.17) is 4.74 Å². The molecule has 0 unspecified atom stereocenters. The maximum Gasteiger partial charge on any atom is 0.128 e. The summed E-state index contributed by atoms with van der Waals surface area (Å²) in [5, 5.41) is 4.25.